The van der Waals surface area contributed by atoms with E-state index in [4.69, 9.17) is 0 Å². The summed E-state index contributed by atoms with van der Waals surface area (Å²) in [5, 5.41) is 10.5. The summed E-state index contributed by atoms with van der Waals surface area (Å²) in [6.45, 7) is 0.591. The molecule has 1 aromatic heterocycles. The fourth-order valence-corrected chi connectivity index (χ4v) is 5.23. The fourth-order valence-electron chi connectivity index (χ4n) is 3.96. The number of hydrogen-bond donors (Lipinski definition) is 2. The summed E-state index contributed by atoms with van der Waals surface area (Å²) in [4.78, 5) is 0.0670. The van der Waals surface area contributed by atoms with Crippen molar-refractivity contribution in [1.82, 2.24) is 9.29 Å². The number of nitrogens with zero attached hydrogens (tertiary/aromatic N) is 1. The van der Waals surface area contributed by atoms with Crippen LogP contribution < -0.4 is 4.72 Å². The van der Waals surface area contributed by atoms with Crippen molar-refractivity contribution in [3.8, 4) is 0 Å². The van der Waals surface area contributed by atoms with E-state index in [1.807, 2.05) is 24.3 Å². The van der Waals surface area contributed by atoms with E-state index in [9.17, 15) is 17.9 Å². The maximum absolute atomic E-state index is 13.1. The number of aromatic nitrogens is 1. The predicted molar refractivity (Wildman–Crippen MR) is 102 cm³/mol. The molecule has 2 aromatic carbocycles. The van der Waals surface area contributed by atoms with Crippen molar-refractivity contribution in [2.24, 2.45) is 0 Å². The van der Waals surface area contributed by atoms with Crippen molar-refractivity contribution in [1.29, 1.82) is 0 Å². The summed E-state index contributed by atoms with van der Waals surface area (Å²) >= 11 is 0. The molecule has 0 saturated carbocycles. The Kier molecular flexibility index (Phi) is 4.75. The topological polar surface area (TPSA) is 71.3 Å². The number of halogens is 1. The Morgan fingerprint density at radius 3 is 2.63 bits per heavy atom. The quantitative estimate of drug-likeness (QED) is 0.706. The van der Waals surface area contributed by atoms with Crippen molar-refractivity contribution < 1.29 is 17.9 Å². The van der Waals surface area contributed by atoms with Gasteiger partial charge < -0.3 is 9.67 Å². The Morgan fingerprint density at radius 1 is 1.15 bits per heavy atom. The van der Waals surface area contributed by atoms with Crippen LogP contribution in [0.4, 0.5) is 4.39 Å². The lowest BCUT2D eigenvalue weighted by Gasteiger charge is -2.25. The molecule has 27 heavy (non-hydrogen) atoms. The lowest BCUT2D eigenvalue weighted by atomic mass is 9.92. The van der Waals surface area contributed by atoms with Gasteiger partial charge >= 0.3 is 0 Å². The van der Waals surface area contributed by atoms with Crippen LogP contribution in [0.25, 0.3) is 10.9 Å². The van der Waals surface area contributed by atoms with Gasteiger partial charge in [0.2, 0.25) is 10.0 Å². The van der Waals surface area contributed by atoms with Crippen LogP contribution in [-0.4, -0.2) is 30.7 Å². The highest BCUT2D eigenvalue weighted by atomic mass is 32.2. The lowest BCUT2D eigenvalue weighted by molar-refractivity contribution is 0.275. The first-order valence-corrected chi connectivity index (χ1v) is 10.5. The number of benzene rings is 2. The number of aliphatic hydroxyl groups is 1. The lowest BCUT2D eigenvalue weighted by Crippen LogP contribution is -2.39. The van der Waals surface area contributed by atoms with Crippen LogP contribution in [0.1, 0.15) is 17.7 Å². The first kappa shape index (κ1) is 18.2. The van der Waals surface area contributed by atoms with Crippen molar-refractivity contribution >= 4 is 20.9 Å². The number of para-hydroxylation sites is 1. The van der Waals surface area contributed by atoms with Crippen LogP contribution >= 0.6 is 0 Å². The second-order valence-corrected chi connectivity index (χ2v) is 8.55. The van der Waals surface area contributed by atoms with Crippen LogP contribution in [-0.2, 0) is 29.4 Å². The summed E-state index contributed by atoms with van der Waals surface area (Å²) in [7, 11) is -3.70. The molecule has 1 heterocycles. The van der Waals surface area contributed by atoms with Crippen molar-refractivity contribution in [3.05, 3.63) is 65.6 Å². The number of sulfonamides is 1. The number of nitrogens with one attached hydrogen (secondary N) is 1. The van der Waals surface area contributed by atoms with E-state index in [2.05, 4.69) is 9.29 Å². The molecule has 4 rings (SSSR count). The van der Waals surface area contributed by atoms with Crippen LogP contribution in [0.5, 0.6) is 0 Å². The van der Waals surface area contributed by atoms with Gasteiger partial charge in [0.15, 0.2) is 0 Å². The molecule has 2 N–H and O–H groups in total. The van der Waals surface area contributed by atoms with E-state index < -0.39 is 15.8 Å². The smallest absolute Gasteiger partial charge is 0.240 e. The highest BCUT2D eigenvalue weighted by Crippen LogP contribution is 2.32. The van der Waals surface area contributed by atoms with E-state index in [1.165, 1.54) is 17.8 Å². The van der Waals surface area contributed by atoms with Crippen LogP contribution in [0.15, 0.2) is 53.4 Å². The third kappa shape index (κ3) is 3.38. The number of fused-ring (bicyclic) bond motifs is 3. The Bertz CT molecular complexity index is 1070. The van der Waals surface area contributed by atoms with E-state index >= 15 is 0 Å². The predicted octanol–water partition coefficient (Wildman–Crippen LogP) is 2.61. The molecule has 0 radical (unpaired) electrons. The van der Waals surface area contributed by atoms with Crippen molar-refractivity contribution in [2.75, 3.05) is 6.61 Å². The maximum Gasteiger partial charge on any atom is 0.240 e. The van der Waals surface area contributed by atoms with Crippen LogP contribution in [0.3, 0.4) is 0 Å². The largest absolute Gasteiger partial charge is 0.395 e. The molecule has 1 aliphatic rings. The molecule has 0 fully saturated rings. The minimum atomic E-state index is -3.70. The normalized spacial score (nSPS) is 17.2. The van der Waals surface area contributed by atoms with E-state index in [0.717, 1.165) is 35.0 Å². The summed E-state index contributed by atoms with van der Waals surface area (Å²) in [6, 6.07) is 12.6. The standard InChI is InChI=1S/C20H21FN2O3S/c21-14-5-8-16(9-6-14)27(25,26)22-15-7-10-20-18(13-15)17-3-1-2-4-19(17)23(20)11-12-24/h1-6,8-9,15,22,24H,7,10-13H2. The average molecular weight is 388 g/mol. The highest BCUT2D eigenvalue weighted by molar-refractivity contribution is 7.89. The Hall–Kier alpha value is -2.22. The zero-order valence-electron chi connectivity index (χ0n) is 14.7. The summed E-state index contributed by atoms with van der Waals surface area (Å²) in [5.74, 6) is -0.465. The zero-order valence-corrected chi connectivity index (χ0v) is 15.5. The van der Waals surface area contributed by atoms with Gasteiger partial charge in [-0.2, -0.15) is 0 Å². The summed E-state index contributed by atoms with van der Waals surface area (Å²) < 4.78 is 43.2. The van der Waals surface area contributed by atoms with Crippen molar-refractivity contribution in [3.63, 3.8) is 0 Å². The number of aliphatic hydroxyl groups excluding tert-OH is 1. The van der Waals surface area contributed by atoms with Gasteiger partial charge in [0.05, 0.1) is 11.5 Å². The van der Waals surface area contributed by atoms with Gasteiger partial charge in [-0.15, -0.1) is 0 Å². The molecule has 1 atom stereocenters. The molecule has 0 spiro atoms. The molecule has 3 aromatic rings. The van der Waals surface area contributed by atoms with Gasteiger partial charge in [0, 0.05) is 29.2 Å². The molecule has 142 valence electrons. The molecule has 0 bridgehead atoms. The first-order chi connectivity index (χ1) is 13.0. The van der Waals surface area contributed by atoms with E-state index in [1.54, 1.807) is 0 Å². The van der Waals surface area contributed by atoms with Gasteiger partial charge in [0.1, 0.15) is 5.82 Å². The van der Waals surface area contributed by atoms with Gasteiger partial charge in [-0.1, -0.05) is 18.2 Å². The van der Waals surface area contributed by atoms with Crippen molar-refractivity contribution in [2.45, 2.75) is 36.7 Å². The second-order valence-electron chi connectivity index (χ2n) is 6.83. The molecule has 0 saturated heterocycles. The van der Waals surface area contributed by atoms with Gasteiger partial charge in [-0.3, -0.25) is 0 Å². The Morgan fingerprint density at radius 2 is 1.89 bits per heavy atom. The first-order valence-electron chi connectivity index (χ1n) is 8.97. The monoisotopic (exact) mass is 388 g/mol. The third-order valence-corrected chi connectivity index (χ3v) is 6.68. The summed E-state index contributed by atoms with van der Waals surface area (Å²) in [6.07, 6.45) is 2.00. The molecule has 7 heteroatoms. The molecule has 1 unspecified atom stereocenters. The summed E-state index contributed by atoms with van der Waals surface area (Å²) in [5.41, 5.74) is 3.37. The van der Waals surface area contributed by atoms with Crippen LogP contribution in [0.2, 0.25) is 0 Å². The molecular weight excluding hydrogens is 367 g/mol. The van der Waals surface area contributed by atoms with E-state index in [-0.39, 0.29) is 17.5 Å². The fraction of sp³-hybridized carbons (Fsp3) is 0.300. The third-order valence-electron chi connectivity index (χ3n) is 5.14. The SMILES string of the molecule is O=S(=O)(NC1CCc2c(c3ccccc3n2CCO)C1)c1ccc(F)cc1. The van der Waals surface area contributed by atoms with Gasteiger partial charge in [-0.25, -0.2) is 17.5 Å². The molecule has 0 amide bonds. The average Bonchev–Trinajstić information content (AvgIpc) is 2.96. The van der Waals surface area contributed by atoms with Crippen LogP contribution in [0, 0.1) is 5.82 Å². The number of rotatable bonds is 5. The number of hydrogen-bond acceptors (Lipinski definition) is 3. The maximum atomic E-state index is 13.1. The van der Waals surface area contributed by atoms with Gasteiger partial charge in [-0.05, 0) is 55.2 Å². The minimum absolute atomic E-state index is 0.0612. The van der Waals surface area contributed by atoms with E-state index in [0.29, 0.717) is 19.4 Å². The Balaban J connectivity index is 1.63. The molecule has 1 aliphatic carbocycles. The minimum Gasteiger partial charge on any atom is -0.395 e. The molecular formula is C20H21FN2O3S. The second kappa shape index (κ2) is 7.07. The molecule has 0 aliphatic heterocycles. The Labute approximate surface area is 157 Å². The zero-order chi connectivity index (χ0) is 19.0. The molecule has 5 nitrogen and oxygen atoms in total. The highest BCUT2D eigenvalue weighted by Gasteiger charge is 2.28. The van der Waals surface area contributed by atoms with Gasteiger partial charge in [0.25, 0.3) is 0 Å².